The monoisotopic (exact) mass is 266 g/mol. The Bertz CT molecular complexity index is 509. The fraction of sp³-hybridized carbons (Fsp3) is 0.538. The third-order valence-electron chi connectivity index (χ3n) is 2.93. The third kappa shape index (κ3) is 2.75. The van der Waals surface area contributed by atoms with E-state index in [1.54, 1.807) is 6.20 Å². The Morgan fingerprint density at radius 2 is 2.22 bits per heavy atom. The Morgan fingerprint density at radius 1 is 1.39 bits per heavy atom. The molecule has 18 heavy (non-hydrogen) atoms. The predicted octanol–water partition coefficient (Wildman–Crippen LogP) is 2.88. The summed E-state index contributed by atoms with van der Waals surface area (Å²) in [4.78, 5) is 6.74. The molecule has 0 radical (unpaired) electrons. The first-order valence-corrected chi connectivity index (χ1v) is 6.91. The van der Waals surface area contributed by atoms with E-state index < -0.39 is 0 Å². The Labute approximate surface area is 113 Å². The van der Waals surface area contributed by atoms with Crippen LogP contribution in [0.2, 0.25) is 0 Å². The van der Waals surface area contributed by atoms with E-state index in [1.807, 2.05) is 17.6 Å². The van der Waals surface area contributed by atoms with Crippen LogP contribution in [0.25, 0.3) is 5.52 Å². The second-order valence-electron chi connectivity index (χ2n) is 4.40. The molecule has 0 aliphatic carbocycles. The second kappa shape index (κ2) is 6.05. The highest BCUT2D eigenvalue weighted by molar-refractivity contribution is 6.18. The van der Waals surface area contributed by atoms with Crippen molar-refractivity contribution < 1.29 is 0 Å². The predicted molar refractivity (Wildman–Crippen MR) is 75.6 cm³/mol. The lowest BCUT2D eigenvalue weighted by molar-refractivity contribution is 0.725. The van der Waals surface area contributed by atoms with Crippen LogP contribution in [0.1, 0.15) is 25.5 Å². The molecule has 0 amide bonds. The second-order valence-corrected chi connectivity index (χ2v) is 4.77. The highest BCUT2D eigenvalue weighted by Crippen LogP contribution is 2.19. The van der Waals surface area contributed by atoms with Crippen LogP contribution in [-0.2, 0) is 0 Å². The van der Waals surface area contributed by atoms with Crippen LogP contribution < -0.4 is 4.90 Å². The number of rotatable bonds is 6. The van der Waals surface area contributed by atoms with E-state index >= 15 is 0 Å². The summed E-state index contributed by atoms with van der Waals surface area (Å²) in [7, 11) is 0. The molecule has 2 aromatic heterocycles. The number of aromatic nitrogens is 3. The number of aryl methyl sites for hydroxylation is 1. The van der Waals surface area contributed by atoms with Crippen LogP contribution >= 0.6 is 11.6 Å². The number of halogens is 1. The molecule has 0 unspecified atom stereocenters. The van der Waals surface area contributed by atoms with E-state index in [-0.39, 0.29) is 0 Å². The lowest BCUT2D eigenvalue weighted by Gasteiger charge is -2.22. The van der Waals surface area contributed by atoms with Gasteiger partial charge in [-0.05, 0) is 19.4 Å². The van der Waals surface area contributed by atoms with E-state index in [9.17, 15) is 0 Å². The topological polar surface area (TPSA) is 33.4 Å². The highest BCUT2D eigenvalue weighted by Gasteiger charge is 2.12. The molecule has 0 saturated carbocycles. The van der Waals surface area contributed by atoms with Gasteiger partial charge in [-0.15, -0.1) is 11.6 Å². The molecule has 0 N–H and O–H groups in total. The average molecular weight is 267 g/mol. The summed E-state index contributed by atoms with van der Waals surface area (Å²) in [6.45, 7) is 5.99. The minimum atomic E-state index is 0.611. The Hall–Kier alpha value is -1.29. The molecule has 0 aliphatic rings. The van der Waals surface area contributed by atoms with Gasteiger partial charge < -0.3 is 4.90 Å². The Balaban J connectivity index is 2.36. The zero-order chi connectivity index (χ0) is 13.0. The van der Waals surface area contributed by atoms with E-state index in [4.69, 9.17) is 11.6 Å². The maximum absolute atomic E-state index is 5.89. The van der Waals surface area contributed by atoms with Crippen LogP contribution in [0, 0.1) is 6.92 Å². The van der Waals surface area contributed by atoms with Crippen molar-refractivity contribution in [3.63, 3.8) is 0 Å². The van der Waals surface area contributed by atoms with Gasteiger partial charge in [-0.2, -0.15) is 5.10 Å². The van der Waals surface area contributed by atoms with Gasteiger partial charge in [0.1, 0.15) is 5.52 Å². The van der Waals surface area contributed by atoms with Crippen molar-refractivity contribution in [1.82, 2.24) is 14.6 Å². The first-order chi connectivity index (χ1) is 8.76. The molecule has 0 atom stereocenters. The van der Waals surface area contributed by atoms with Gasteiger partial charge in [-0.1, -0.05) is 13.3 Å². The van der Waals surface area contributed by atoms with Crippen molar-refractivity contribution in [2.75, 3.05) is 23.9 Å². The quantitative estimate of drug-likeness (QED) is 0.754. The van der Waals surface area contributed by atoms with Crippen LogP contribution in [0.4, 0.5) is 5.82 Å². The van der Waals surface area contributed by atoms with Gasteiger partial charge in [0.15, 0.2) is 5.82 Å². The van der Waals surface area contributed by atoms with Gasteiger partial charge >= 0.3 is 0 Å². The van der Waals surface area contributed by atoms with Gasteiger partial charge in [0.2, 0.25) is 0 Å². The Morgan fingerprint density at radius 3 is 2.94 bits per heavy atom. The maximum Gasteiger partial charge on any atom is 0.154 e. The van der Waals surface area contributed by atoms with Crippen molar-refractivity contribution in [2.45, 2.75) is 26.7 Å². The van der Waals surface area contributed by atoms with Crippen molar-refractivity contribution in [3.05, 3.63) is 24.2 Å². The molecular weight excluding hydrogens is 248 g/mol. The number of fused-ring (bicyclic) bond motifs is 1. The zero-order valence-corrected chi connectivity index (χ0v) is 11.7. The minimum Gasteiger partial charge on any atom is -0.354 e. The van der Waals surface area contributed by atoms with Gasteiger partial charge in [0.05, 0.1) is 5.69 Å². The number of alkyl halides is 1. The number of unbranched alkanes of at least 4 members (excludes halogenated alkanes) is 1. The molecule has 0 bridgehead atoms. The highest BCUT2D eigenvalue weighted by atomic mass is 35.5. The summed E-state index contributed by atoms with van der Waals surface area (Å²) < 4.78 is 1.88. The smallest absolute Gasteiger partial charge is 0.154 e. The number of nitrogens with zero attached hydrogens (tertiary/aromatic N) is 4. The molecular formula is C13H19ClN4. The van der Waals surface area contributed by atoms with Crippen LogP contribution in [0.5, 0.6) is 0 Å². The summed E-state index contributed by atoms with van der Waals surface area (Å²) in [5.41, 5.74) is 2.06. The van der Waals surface area contributed by atoms with Crippen molar-refractivity contribution >= 4 is 22.9 Å². The molecule has 5 heteroatoms. The lowest BCUT2D eigenvalue weighted by Crippen LogP contribution is -2.28. The van der Waals surface area contributed by atoms with Gasteiger partial charge in [0.25, 0.3) is 0 Å². The normalized spacial score (nSPS) is 11.1. The molecule has 0 aliphatic heterocycles. The first kappa shape index (κ1) is 13.1. The summed E-state index contributed by atoms with van der Waals surface area (Å²) in [6, 6.07) is 2.06. The Kier molecular flexibility index (Phi) is 4.42. The summed E-state index contributed by atoms with van der Waals surface area (Å²) in [5, 5.41) is 4.41. The standard InChI is InChI=1S/C13H19ClN4/c1-3-4-7-17(8-5-14)13-12-10-11(2)16-18(12)9-6-15-13/h6,9-10H,3-5,7-8H2,1-2H3. The van der Waals surface area contributed by atoms with E-state index in [1.165, 1.54) is 6.42 Å². The van der Waals surface area contributed by atoms with Crippen LogP contribution in [0.3, 0.4) is 0 Å². The van der Waals surface area contributed by atoms with Crippen molar-refractivity contribution in [2.24, 2.45) is 0 Å². The van der Waals surface area contributed by atoms with Gasteiger partial charge in [0, 0.05) is 31.4 Å². The summed E-state index contributed by atoms with van der Waals surface area (Å²) in [5.74, 6) is 1.59. The molecule has 0 saturated heterocycles. The summed E-state index contributed by atoms with van der Waals surface area (Å²) in [6.07, 6.45) is 5.99. The van der Waals surface area contributed by atoms with E-state index in [0.29, 0.717) is 5.88 Å². The SMILES string of the molecule is CCCCN(CCCl)c1nccn2nc(C)cc12. The van der Waals surface area contributed by atoms with Crippen LogP contribution in [-0.4, -0.2) is 33.6 Å². The van der Waals surface area contributed by atoms with E-state index in [0.717, 1.165) is 36.5 Å². The molecule has 98 valence electrons. The van der Waals surface area contributed by atoms with Gasteiger partial charge in [-0.3, -0.25) is 0 Å². The molecule has 0 aromatic carbocycles. The molecule has 2 heterocycles. The van der Waals surface area contributed by atoms with Crippen molar-refractivity contribution in [3.8, 4) is 0 Å². The third-order valence-corrected chi connectivity index (χ3v) is 3.10. The number of hydrogen-bond acceptors (Lipinski definition) is 3. The van der Waals surface area contributed by atoms with Crippen molar-refractivity contribution in [1.29, 1.82) is 0 Å². The fourth-order valence-electron chi connectivity index (χ4n) is 2.05. The molecule has 4 nitrogen and oxygen atoms in total. The zero-order valence-electron chi connectivity index (χ0n) is 10.9. The minimum absolute atomic E-state index is 0.611. The summed E-state index contributed by atoms with van der Waals surface area (Å²) >= 11 is 5.89. The maximum atomic E-state index is 5.89. The first-order valence-electron chi connectivity index (χ1n) is 6.38. The largest absolute Gasteiger partial charge is 0.354 e. The molecule has 0 spiro atoms. The fourth-order valence-corrected chi connectivity index (χ4v) is 2.25. The van der Waals surface area contributed by atoms with Crippen LogP contribution in [0.15, 0.2) is 18.5 Å². The number of hydrogen-bond donors (Lipinski definition) is 0. The lowest BCUT2D eigenvalue weighted by atomic mass is 10.3. The number of anilines is 1. The van der Waals surface area contributed by atoms with Gasteiger partial charge in [-0.25, -0.2) is 9.50 Å². The average Bonchev–Trinajstić information content (AvgIpc) is 2.74. The van der Waals surface area contributed by atoms with E-state index in [2.05, 4.69) is 28.0 Å². The molecule has 2 aromatic rings. The molecule has 2 rings (SSSR count). The molecule has 0 fully saturated rings.